The topological polar surface area (TPSA) is 117 Å². The summed E-state index contributed by atoms with van der Waals surface area (Å²) in [6, 6.07) is 1.54. The summed E-state index contributed by atoms with van der Waals surface area (Å²) in [5.74, 6) is 0.392. The molecule has 1 fully saturated rings. The molecule has 0 saturated carbocycles. The summed E-state index contributed by atoms with van der Waals surface area (Å²) in [7, 11) is 1.62. The van der Waals surface area contributed by atoms with Crippen molar-refractivity contribution in [1.29, 1.82) is 0 Å². The van der Waals surface area contributed by atoms with Gasteiger partial charge in [0.15, 0.2) is 6.23 Å². The molecular weight excluding hydrogens is 242 g/mol. The van der Waals surface area contributed by atoms with Crippen molar-refractivity contribution in [2.24, 2.45) is 0 Å². The molecule has 0 amide bonds. The van der Waals surface area contributed by atoms with Gasteiger partial charge in [-0.15, -0.1) is 0 Å². The summed E-state index contributed by atoms with van der Waals surface area (Å²) in [5.41, 5.74) is -0.614. The molecular formula is C10H15N3O5. The minimum atomic E-state index is -1.29. The summed E-state index contributed by atoms with van der Waals surface area (Å²) in [6.45, 7) is -0.439. The molecule has 1 aliphatic heterocycles. The lowest BCUT2D eigenvalue weighted by molar-refractivity contribution is -0.0549. The van der Waals surface area contributed by atoms with Gasteiger partial charge in [0.1, 0.15) is 24.1 Å². The smallest absolute Gasteiger partial charge is 0.351 e. The first-order valence-corrected chi connectivity index (χ1v) is 5.48. The van der Waals surface area contributed by atoms with E-state index in [0.717, 1.165) is 4.57 Å². The number of hydrogen-bond donors (Lipinski definition) is 4. The normalized spacial score (nSPS) is 31.6. The van der Waals surface area contributed by atoms with Gasteiger partial charge in [-0.3, -0.25) is 4.57 Å². The number of hydrogen-bond acceptors (Lipinski definition) is 7. The number of aromatic nitrogens is 2. The molecule has 8 nitrogen and oxygen atoms in total. The Bertz CT molecular complexity index is 477. The average molecular weight is 257 g/mol. The Morgan fingerprint density at radius 1 is 1.50 bits per heavy atom. The minimum Gasteiger partial charge on any atom is -0.394 e. The zero-order valence-electron chi connectivity index (χ0n) is 9.72. The molecule has 0 bridgehead atoms. The van der Waals surface area contributed by atoms with Crippen molar-refractivity contribution in [3.05, 3.63) is 22.7 Å². The minimum absolute atomic E-state index is 0.392. The lowest BCUT2D eigenvalue weighted by Crippen LogP contribution is -2.36. The molecule has 2 rings (SSSR count). The molecule has 1 saturated heterocycles. The van der Waals surface area contributed by atoms with Crippen LogP contribution in [0.4, 0.5) is 5.82 Å². The highest BCUT2D eigenvalue weighted by molar-refractivity contribution is 5.30. The van der Waals surface area contributed by atoms with Crippen LogP contribution in [0, 0.1) is 0 Å². The van der Waals surface area contributed by atoms with Crippen LogP contribution < -0.4 is 11.0 Å². The summed E-state index contributed by atoms with van der Waals surface area (Å²) in [4.78, 5) is 15.4. The third kappa shape index (κ3) is 2.10. The predicted molar refractivity (Wildman–Crippen MR) is 61.1 cm³/mol. The van der Waals surface area contributed by atoms with Gasteiger partial charge in [-0.1, -0.05) is 0 Å². The monoisotopic (exact) mass is 257 g/mol. The number of nitrogens with zero attached hydrogens (tertiary/aromatic N) is 2. The van der Waals surface area contributed by atoms with Crippen LogP contribution in [0.1, 0.15) is 6.23 Å². The maximum atomic E-state index is 11.7. The lowest BCUT2D eigenvalue weighted by Gasteiger charge is -2.17. The fraction of sp³-hybridized carbons (Fsp3) is 0.600. The van der Waals surface area contributed by atoms with Crippen LogP contribution in [0.3, 0.4) is 0 Å². The number of nitrogens with one attached hydrogen (secondary N) is 1. The first-order valence-electron chi connectivity index (χ1n) is 5.48. The molecule has 4 atom stereocenters. The van der Waals surface area contributed by atoms with Gasteiger partial charge >= 0.3 is 5.69 Å². The van der Waals surface area contributed by atoms with Crippen molar-refractivity contribution >= 4 is 5.82 Å². The fourth-order valence-electron chi connectivity index (χ4n) is 1.86. The highest BCUT2D eigenvalue weighted by atomic mass is 16.6. The van der Waals surface area contributed by atoms with Crippen LogP contribution in [0.5, 0.6) is 0 Å². The molecule has 2 heterocycles. The Kier molecular flexibility index (Phi) is 3.62. The molecule has 8 heteroatoms. The fourth-order valence-corrected chi connectivity index (χ4v) is 1.86. The number of aliphatic hydroxyl groups excluding tert-OH is 3. The van der Waals surface area contributed by atoms with Gasteiger partial charge < -0.3 is 25.4 Å². The zero-order valence-corrected chi connectivity index (χ0v) is 9.72. The van der Waals surface area contributed by atoms with E-state index in [2.05, 4.69) is 10.3 Å². The molecule has 1 aliphatic rings. The lowest BCUT2D eigenvalue weighted by atomic mass is 10.1. The average Bonchev–Trinajstić information content (AvgIpc) is 2.66. The second-order valence-electron chi connectivity index (χ2n) is 3.98. The highest BCUT2D eigenvalue weighted by Gasteiger charge is 2.43. The van der Waals surface area contributed by atoms with E-state index in [1.54, 1.807) is 7.05 Å². The number of rotatable bonds is 3. The van der Waals surface area contributed by atoms with E-state index in [0.29, 0.717) is 5.82 Å². The molecule has 1 aromatic rings. The number of anilines is 1. The maximum absolute atomic E-state index is 11.7. The summed E-state index contributed by atoms with van der Waals surface area (Å²) in [5, 5.41) is 31.0. The van der Waals surface area contributed by atoms with Crippen LogP contribution in [0.15, 0.2) is 17.1 Å². The van der Waals surface area contributed by atoms with Gasteiger partial charge in [0, 0.05) is 13.2 Å². The van der Waals surface area contributed by atoms with Gasteiger partial charge in [0.2, 0.25) is 0 Å². The third-order valence-corrected chi connectivity index (χ3v) is 2.88. The van der Waals surface area contributed by atoms with Crippen LogP contribution in [0.25, 0.3) is 0 Å². The molecule has 1 aromatic heterocycles. The second kappa shape index (κ2) is 5.02. The number of aliphatic hydroxyl groups is 3. The Balaban J connectivity index is 2.30. The molecule has 0 aromatic carbocycles. The van der Waals surface area contributed by atoms with E-state index in [4.69, 9.17) is 9.84 Å². The van der Waals surface area contributed by atoms with E-state index in [-0.39, 0.29) is 0 Å². The van der Waals surface area contributed by atoms with Crippen molar-refractivity contribution in [2.75, 3.05) is 19.0 Å². The van der Waals surface area contributed by atoms with Gasteiger partial charge in [-0.05, 0) is 6.07 Å². The van der Waals surface area contributed by atoms with Crippen molar-refractivity contribution in [3.8, 4) is 0 Å². The Morgan fingerprint density at radius 3 is 2.72 bits per heavy atom. The second-order valence-corrected chi connectivity index (χ2v) is 3.98. The SMILES string of the molecule is CNc1ccn([C@H]2O[C@@H](CO)[C@@H](O)[C@H]2O)c(=O)n1. The van der Waals surface area contributed by atoms with Gasteiger partial charge in [0.25, 0.3) is 0 Å². The first kappa shape index (κ1) is 13.0. The van der Waals surface area contributed by atoms with Crippen molar-refractivity contribution in [2.45, 2.75) is 24.5 Å². The quantitative estimate of drug-likeness (QED) is 0.490. The van der Waals surface area contributed by atoms with Gasteiger partial charge in [-0.2, -0.15) is 4.98 Å². The summed E-state index contributed by atoms with van der Waals surface area (Å²) in [6.07, 6.45) is -3.09. The zero-order chi connectivity index (χ0) is 13.3. The van der Waals surface area contributed by atoms with Gasteiger partial charge in [0.05, 0.1) is 6.61 Å². The van der Waals surface area contributed by atoms with E-state index >= 15 is 0 Å². The Labute approximate surface area is 102 Å². The van der Waals surface area contributed by atoms with E-state index in [9.17, 15) is 15.0 Å². The van der Waals surface area contributed by atoms with Crippen LogP contribution in [-0.2, 0) is 4.74 Å². The van der Waals surface area contributed by atoms with E-state index < -0.39 is 36.8 Å². The van der Waals surface area contributed by atoms with Crippen LogP contribution in [0.2, 0.25) is 0 Å². The molecule has 0 unspecified atom stereocenters. The predicted octanol–water partition coefficient (Wildman–Crippen LogP) is -2.10. The third-order valence-electron chi connectivity index (χ3n) is 2.88. The van der Waals surface area contributed by atoms with Crippen molar-refractivity contribution in [1.82, 2.24) is 9.55 Å². The van der Waals surface area contributed by atoms with Crippen molar-refractivity contribution in [3.63, 3.8) is 0 Å². The Hall–Kier alpha value is -1.48. The summed E-state index contributed by atoms with van der Waals surface area (Å²) >= 11 is 0. The molecule has 0 aliphatic carbocycles. The molecule has 4 N–H and O–H groups in total. The molecule has 18 heavy (non-hydrogen) atoms. The molecule has 0 spiro atoms. The molecule has 100 valence electrons. The standard InChI is InChI=1S/C10H15N3O5/c1-11-6-2-3-13(10(17)12-6)9-8(16)7(15)5(4-14)18-9/h2-3,5,7-9,14-16H,4H2,1H3,(H,11,12,17)/t5-,7+,8+,9-/m0/s1. The molecule has 0 radical (unpaired) electrons. The first-order chi connectivity index (χ1) is 8.58. The van der Waals surface area contributed by atoms with E-state index in [1.807, 2.05) is 0 Å². The maximum Gasteiger partial charge on any atom is 0.351 e. The van der Waals surface area contributed by atoms with Crippen LogP contribution >= 0.6 is 0 Å². The largest absolute Gasteiger partial charge is 0.394 e. The Morgan fingerprint density at radius 2 is 2.22 bits per heavy atom. The van der Waals surface area contributed by atoms with Gasteiger partial charge in [-0.25, -0.2) is 4.79 Å². The van der Waals surface area contributed by atoms with Crippen LogP contribution in [-0.4, -0.2) is 56.8 Å². The highest BCUT2D eigenvalue weighted by Crippen LogP contribution is 2.27. The summed E-state index contributed by atoms with van der Waals surface area (Å²) < 4.78 is 6.30. The van der Waals surface area contributed by atoms with Crippen molar-refractivity contribution < 1.29 is 20.1 Å². The van der Waals surface area contributed by atoms with E-state index in [1.165, 1.54) is 12.3 Å². The number of ether oxygens (including phenoxy) is 1.